The number of unbranched alkanes of at least 4 members (excludes halogenated alkanes) is 3. The Morgan fingerprint density at radius 1 is 1.12 bits per heavy atom. The van der Waals surface area contributed by atoms with Crippen molar-refractivity contribution in [3.63, 3.8) is 0 Å². The molecule has 0 aliphatic carbocycles. The fourth-order valence-electron chi connectivity index (χ4n) is 2.00. The SMILES string of the molecule is CCCCCCC(N)Cc1ccc(OC)cc1. The summed E-state index contributed by atoms with van der Waals surface area (Å²) in [5, 5.41) is 0. The van der Waals surface area contributed by atoms with Gasteiger partial charge in [0.05, 0.1) is 7.11 Å². The molecule has 2 heteroatoms. The average Bonchev–Trinajstić information content (AvgIpc) is 2.36. The van der Waals surface area contributed by atoms with Gasteiger partial charge in [0, 0.05) is 6.04 Å². The van der Waals surface area contributed by atoms with Crippen molar-refractivity contribution in [1.82, 2.24) is 0 Å². The Bertz CT molecular complexity index is 294. The van der Waals surface area contributed by atoms with Crippen LogP contribution in [0.2, 0.25) is 0 Å². The molecule has 96 valence electrons. The Labute approximate surface area is 105 Å². The second kappa shape index (κ2) is 8.13. The van der Waals surface area contributed by atoms with Crippen molar-refractivity contribution in [1.29, 1.82) is 0 Å². The van der Waals surface area contributed by atoms with Gasteiger partial charge >= 0.3 is 0 Å². The highest BCUT2D eigenvalue weighted by molar-refractivity contribution is 5.27. The summed E-state index contributed by atoms with van der Waals surface area (Å²) in [6, 6.07) is 8.49. The van der Waals surface area contributed by atoms with Crippen LogP contribution in [-0.4, -0.2) is 13.2 Å². The third-order valence-electron chi connectivity index (χ3n) is 3.09. The first kappa shape index (κ1) is 14.0. The van der Waals surface area contributed by atoms with Crippen molar-refractivity contribution in [2.75, 3.05) is 7.11 Å². The molecule has 0 bridgehead atoms. The molecule has 0 aromatic heterocycles. The molecule has 0 amide bonds. The maximum Gasteiger partial charge on any atom is 0.118 e. The second-order valence-corrected chi connectivity index (χ2v) is 4.66. The van der Waals surface area contributed by atoms with Gasteiger partial charge in [0.1, 0.15) is 5.75 Å². The Morgan fingerprint density at radius 3 is 2.41 bits per heavy atom. The molecule has 1 rings (SSSR count). The Morgan fingerprint density at radius 2 is 1.82 bits per heavy atom. The molecule has 0 saturated carbocycles. The van der Waals surface area contributed by atoms with E-state index in [4.69, 9.17) is 10.5 Å². The van der Waals surface area contributed by atoms with Crippen LogP contribution in [0.5, 0.6) is 5.75 Å². The van der Waals surface area contributed by atoms with Crippen molar-refractivity contribution >= 4 is 0 Å². The topological polar surface area (TPSA) is 35.2 Å². The first-order valence-corrected chi connectivity index (χ1v) is 6.64. The third-order valence-corrected chi connectivity index (χ3v) is 3.09. The lowest BCUT2D eigenvalue weighted by Gasteiger charge is -2.11. The number of hydrogen-bond donors (Lipinski definition) is 1. The average molecular weight is 235 g/mol. The van der Waals surface area contributed by atoms with E-state index in [1.165, 1.54) is 31.2 Å². The summed E-state index contributed by atoms with van der Waals surface area (Å²) in [6.07, 6.45) is 7.28. The summed E-state index contributed by atoms with van der Waals surface area (Å²) in [4.78, 5) is 0. The van der Waals surface area contributed by atoms with E-state index in [1.54, 1.807) is 7.11 Å². The van der Waals surface area contributed by atoms with Crippen molar-refractivity contribution in [2.45, 2.75) is 51.5 Å². The number of benzene rings is 1. The van der Waals surface area contributed by atoms with Crippen LogP contribution < -0.4 is 10.5 Å². The number of ether oxygens (including phenoxy) is 1. The fraction of sp³-hybridized carbons (Fsp3) is 0.600. The lowest BCUT2D eigenvalue weighted by Crippen LogP contribution is -2.22. The molecule has 1 aromatic rings. The maximum atomic E-state index is 6.13. The van der Waals surface area contributed by atoms with E-state index in [1.807, 2.05) is 12.1 Å². The van der Waals surface area contributed by atoms with Crippen molar-refractivity contribution in [2.24, 2.45) is 5.73 Å². The number of hydrogen-bond acceptors (Lipinski definition) is 2. The lowest BCUT2D eigenvalue weighted by atomic mass is 10.0. The second-order valence-electron chi connectivity index (χ2n) is 4.66. The standard InChI is InChI=1S/C15H25NO/c1-3-4-5-6-7-14(16)12-13-8-10-15(17-2)11-9-13/h8-11,14H,3-7,12,16H2,1-2H3. The highest BCUT2D eigenvalue weighted by Gasteiger charge is 2.04. The van der Waals surface area contributed by atoms with Gasteiger partial charge in [0.2, 0.25) is 0 Å². The molecular weight excluding hydrogens is 210 g/mol. The molecule has 17 heavy (non-hydrogen) atoms. The fourth-order valence-corrected chi connectivity index (χ4v) is 2.00. The highest BCUT2D eigenvalue weighted by atomic mass is 16.5. The zero-order chi connectivity index (χ0) is 12.5. The molecule has 0 spiro atoms. The van der Waals surface area contributed by atoms with E-state index in [9.17, 15) is 0 Å². The lowest BCUT2D eigenvalue weighted by molar-refractivity contribution is 0.414. The molecule has 2 N–H and O–H groups in total. The molecule has 1 aromatic carbocycles. The molecule has 2 nitrogen and oxygen atoms in total. The van der Waals surface area contributed by atoms with Crippen LogP contribution in [0.1, 0.15) is 44.6 Å². The van der Waals surface area contributed by atoms with Gasteiger partial charge in [-0.25, -0.2) is 0 Å². The van der Waals surface area contributed by atoms with E-state index < -0.39 is 0 Å². The molecular formula is C15H25NO. The predicted octanol–water partition coefficient (Wildman–Crippen LogP) is 3.54. The zero-order valence-corrected chi connectivity index (χ0v) is 11.1. The quantitative estimate of drug-likeness (QED) is 0.699. The molecule has 0 aliphatic heterocycles. The highest BCUT2D eigenvalue weighted by Crippen LogP contribution is 2.14. The van der Waals surface area contributed by atoms with Gasteiger partial charge in [-0.2, -0.15) is 0 Å². The first-order valence-electron chi connectivity index (χ1n) is 6.64. The summed E-state index contributed by atoms with van der Waals surface area (Å²) in [6.45, 7) is 2.23. The number of rotatable bonds is 8. The minimum absolute atomic E-state index is 0.292. The summed E-state index contributed by atoms with van der Waals surface area (Å²) >= 11 is 0. The van der Waals surface area contributed by atoms with E-state index in [0.29, 0.717) is 6.04 Å². The summed E-state index contributed by atoms with van der Waals surface area (Å²) in [5.74, 6) is 0.908. The minimum Gasteiger partial charge on any atom is -0.497 e. The summed E-state index contributed by atoms with van der Waals surface area (Å²) in [7, 11) is 1.69. The first-order chi connectivity index (χ1) is 8.26. The number of nitrogens with two attached hydrogens (primary N) is 1. The Hall–Kier alpha value is -1.02. The number of methoxy groups -OCH3 is 1. The smallest absolute Gasteiger partial charge is 0.118 e. The van der Waals surface area contributed by atoms with Crippen LogP contribution in [0.25, 0.3) is 0 Å². The van der Waals surface area contributed by atoms with E-state index >= 15 is 0 Å². The molecule has 0 aliphatic rings. The van der Waals surface area contributed by atoms with Gasteiger partial charge in [-0.05, 0) is 30.5 Å². The van der Waals surface area contributed by atoms with Crippen molar-refractivity contribution in [3.05, 3.63) is 29.8 Å². The summed E-state index contributed by atoms with van der Waals surface area (Å²) < 4.78 is 5.13. The maximum absolute atomic E-state index is 6.13. The van der Waals surface area contributed by atoms with Crippen LogP contribution in [-0.2, 0) is 6.42 Å². The van der Waals surface area contributed by atoms with Crippen LogP contribution in [0.15, 0.2) is 24.3 Å². The molecule has 0 heterocycles. The van der Waals surface area contributed by atoms with Crippen molar-refractivity contribution < 1.29 is 4.74 Å². The van der Waals surface area contributed by atoms with Gasteiger partial charge in [0.25, 0.3) is 0 Å². The molecule has 0 saturated heterocycles. The minimum atomic E-state index is 0.292. The molecule has 1 unspecified atom stereocenters. The predicted molar refractivity (Wildman–Crippen MR) is 73.4 cm³/mol. The largest absolute Gasteiger partial charge is 0.497 e. The van der Waals surface area contributed by atoms with Crippen LogP contribution >= 0.6 is 0 Å². The molecule has 1 atom stereocenters. The van der Waals surface area contributed by atoms with Gasteiger partial charge in [-0.1, -0.05) is 44.7 Å². The van der Waals surface area contributed by atoms with Crippen molar-refractivity contribution in [3.8, 4) is 5.75 Å². The van der Waals surface area contributed by atoms with Gasteiger partial charge in [-0.15, -0.1) is 0 Å². The van der Waals surface area contributed by atoms with Gasteiger partial charge in [0.15, 0.2) is 0 Å². The van der Waals surface area contributed by atoms with E-state index in [2.05, 4.69) is 19.1 Å². The summed E-state index contributed by atoms with van der Waals surface area (Å²) in [5.41, 5.74) is 7.43. The van der Waals surface area contributed by atoms with E-state index in [0.717, 1.165) is 18.6 Å². The van der Waals surface area contributed by atoms with Crippen LogP contribution in [0.3, 0.4) is 0 Å². The monoisotopic (exact) mass is 235 g/mol. The van der Waals surface area contributed by atoms with E-state index in [-0.39, 0.29) is 0 Å². The molecule has 0 fully saturated rings. The normalized spacial score (nSPS) is 12.4. The Kier molecular flexibility index (Phi) is 6.71. The zero-order valence-electron chi connectivity index (χ0n) is 11.1. The van der Waals surface area contributed by atoms with Gasteiger partial charge < -0.3 is 10.5 Å². The third kappa shape index (κ3) is 5.73. The van der Waals surface area contributed by atoms with Gasteiger partial charge in [-0.3, -0.25) is 0 Å². The molecule has 0 radical (unpaired) electrons. The van der Waals surface area contributed by atoms with Crippen LogP contribution in [0.4, 0.5) is 0 Å². The van der Waals surface area contributed by atoms with Crippen LogP contribution in [0, 0.1) is 0 Å². The Balaban J connectivity index is 2.26.